The Balaban J connectivity index is 1.28. The van der Waals surface area contributed by atoms with E-state index in [1.54, 1.807) is 0 Å². The van der Waals surface area contributed by atoms with E-state index in [9.17, 15) is 0 Å². The Hall–Kier alpha value is -0.610. The van der Waals surface area contributed by atoms with Gasteiger partial charge in [0.2, 0.25) is 0 Å². The van der Waals surface area contributed by atoms with Crippen molar-refractivity contribution in [3.05, 3.63) is 15.9 Å². The highest BCUT2D eigenvalue weighted by molar-refractivity contribution is 7.07. The van der Waals surface area contributed by atoms with Crippen LogP contribution in [0.3, 0.4) is 0 Å². The molecule has 0 atom stereocenters. The number of hydrogen-bond acceptors (Lipinski definition) is 3. The Labute approximate surface area is 175 Å². The van der Waals surface area contributed by atoms with Gasteiger partial charge in [-0.15, -0.1) is 11.3 Å². The van der Waals surface area contributed by atoms with Gasteiger partial charge in [-0.2, -0.15) is 0 Å². The zero-order valence-electron chi connectivity index (χ0n) is 17.8. The van der Waals surface area contributed by atoms with E-state index in [1.807, 2.05) is 11.3 Å². The van der Waals surface area contributed by atoms with Crippen molar-refractivity contribution in [3.63, 3.8) is 0 Å². The van der Waals surface area contributed by atoms with Crippen LogP contribution in [0.25, 0.3) is 0 Å². The van der Waals surface area contributed by atoms with Gasteiger partial charge in [-0.25, -0.2) is 0 Å². The van der Waals surface area contributed by atoms with Gasteiger partial charge in [0.25, 0.3) is 0 Å². The quantitative estimate of drug-likeness (QED) is 0.645. The number of thiazole rings is 1. The second-order valence-electron chi connectivity index (χ2n) is 10.4. The minimum Gasteiger partial charge on any atom is -0.321 e. The molecule has 6 rings (SSSR count). The molecule has 5 fully saturated rings. The first-order valence-corrected chi connectivity index (χ1v) is 13.1. The van der Waals surface area contributed by atoms with E-state index in [0.29, 0.717) is 5.54 Å². The molecule has 0 aromatic carbocycles. The third-order valence-electron chi connectivity index (χ3n) is 8.20. The number of nitrogens with zero attached hydrogens (tertiary/aromatic N) is 2. The fourth-order valence-electron chi connectivity index (χ4n) is 7.28. The van der Waals surface area contributed by atoms with E-state index in [0.717, 1.165) is 43.3 Å². The van der Waals surface area contributed by atoms with Gasteiger partial charge in [0.15, 0.2) is 4.80 Å². The Morgan fingerprint density at radius 3 is 2.29 bits per heavy atom. The van der Waals surface area contributed by atoms with Crippen LogP contribution in [0.15, 0.2) is 10.4 Å². The maximum atomic E-state index is 5.51. The Morgan fingerprint density at radius 1 is 1.04 bits per heavy atom. The summed E-state index contributed by atoms with van der Waals surface area (Å²) in [6.07, 6.45) is 18.3. The number of nitrogens with one attached hydrogen (secondary N) is 1. The fraction of sp³-hybridized carbons (Fsp3) is 0.875. The average molecular weight is 402 g/mol. The SMILES string of the molecule is CCn1c(CCNC2CCCCCC2)csc1=NC12CC3CC(CC(C3)C1)C2. The average Bonchev–Trinajstić information content (AvgIpc) is 2.86. The van der Waals surface area contributed by atoms with Gasteiger partial charge in [0.1, 0.15) is 0 Å². The summed E-state index contributed by atoms with van der Waals surface area (Å²) >= 11 is 1.91. The molecule has 0 spiro atoms. The molecule has 0 unspecified atom stereocenters. The molecule has 5 aliphatic carbocycles. The maximum Gasteiger partial charge on any atom is 0.185 e. The van der Waals surface area contributed by atoms with Crippen LogP contribution in [0.2, 0.25) is 0 Å². The van der Waals surface area contributed by atoms with Crippen LogP contribution < -0.4 is 10.1 Å². The molecule has 1 heterocycles. The summed E-state index contributed by atoms with van der Waals surface area (Å²) in [6, 6.07) is 0.757. The maximum absolute atomic E-state index is 5.51. The van der Waals surface area contributed by atoms with Crippen molar-refractivity contribution < 1.29 is 0 Å². The van der Waals surface area contributed by atoms with E-state index < -0.39 is 0 Å². The van der Waals surface area contributed by atoms with E-state index in [-0.39, 0.29) is 0 Å². The van der Waals surface area contributed by atoms with Crippen LogP contribution in [0.5, 0.6) is 0 Å². The number of hydrogen-bond donors (Lipinski definition) is 1. The normalized spacial score (nSPS) is 36.2. The molecule has 1 aromatic rings. The van der Waals surface area contributed by atoms with Crippen LogP contribution in [-0.2, 0) is 13.0 Å². The highest BCUT2D eigenvalue weighted by Gasteiger charge is 2.51. The molecule has 4 bridgehead atoms. The number of rotatable bonds is 6. The molecule has 0 radical (unpaired) electrons. The first-order valence-electron chi connectivity index (χ1n) is 12.2. The Morgan fingerprint density at radius 2 is 1.68 bits per heavy atom. The lowest BCUT2D eigenvalue weighted by molar-refractivity contribution is -0.000398. The predicted molar refractivity (Wildman–Crippen MR) is 118 cm³/mol. The van der Waals surface area contributed by atoms with Crippen molar-refractivity contribution in [1.29, 1.82) is 0 Å². The summed E-state index contributed by atoms with van der Waals surface area (Å²) in [5.74, 6) is 2.94. The molecule has 5 saturated carbocycles. The third kappa shape index (κ3) is 4.01. The summed E-state index contributed by atoms with van der Waals surface area (Å²) in [5, 5.41) is 6.26. The third-order valence-corrected chi connectivity index (χ3v) is 9.11. The van der Waals surface area contributed by atoms with E-state index in [1.165, 1.54) is 87.5 Å². The smallest absolute Gasteiger partial charge is 0.185 e. The minimum atomic E-state index is 0.298. The van der Waals surface area contributed by atoms with Crippen LogP contribution >= 0.6 is 11.3 Å². The largest absolute Gasteiger partial charge is 0.321 e. The van der Waals surface area contributed by atoms with E-state index in [2.05, 4.69) is 22.2 Å². The first kappa shape index (κ1) is 19.4. The van der Waals surface area contributed by atoms with Gasteiger partial charge in [0, 0.05) is 36.6 Å². The lowest BCUT2D eigenvalue weighted by Crippen LogP contribution is -2.50. The van der Waals surface area contributed by atoms with Crippen LogP contribution in [-0.4, -0.2) is 22.7 Å². The Kier molecular flexibility index (Phi) is 5.71. The van der Waals surface area contributed by atoms with Gasteiger partial charge < -0.3 is 9.88 Å². The fourth-order valence-corrected chi connectivity index (χ4v) is 8.39. The zero-order chi connectivity index (χ0) is 19.0. The molecular weight excluding hydrogens is 362 g/mol. The summed E-state index contributed by atoms with van der Waals surface area (Å²) in [4.78, 5) is 6.83. The second-order valence-corrected chi connectivity index (χ2v) is 11.2. The lowest BCUT2D eigenvalue weighted by Gasteiger charge is -2.54. The first-order chi connectivity index (χ1) is 13.7. The minimum absolute atomic E-state index is 0.298. The van der Waals surface area contributed by atoms with Crippen LogP contribution in [0.1, 0.15) is 89.7 Å². The standard InChI is InChI=1S/C24H39N3S/c1-2-27-22(9-10-25-21-7-5-3-4-6-8-21)17-28-23(27)26-24-14-18-11-19(15-24)13-20(12-18)16-24/h17-21,25H,2-16H2,1H3. The summed E-state index contributed by atoms with van der Waals surface area (Å²) in [7, 11) is 0. The molecule has 28 heavy (non-hydrogen) atoms. The molecular formula is C24H39N3S. The topological polar surface area (TPSA) is 29.3 Å². The van der Waals surface area contributed by atoms with Crippen LogP contribution in [0.4, 0.5) is 0 Å². The van der Waals surface area contributed by atoms with Crippen LogP contribution in [0, 0.1) is 17.8 Å². The molecule has 156 valence electrons. The highest BCUT2D eigenvalue weighted by atomic mass is 32.1. The van der Waals surface area contributed by atoms with Crippen molar-refractivity contribution >= 4 is 11.3 Å². The van der Waals surface area contributed by atoms with Crippen molar-refractivity contribution in [2.75, 3.05) is 6.54 Å². The number of aromatic nitrogens is 1. The van der Waals surface area contributed by atoms with Gasteiger partial charge in [-0.3, -0.25) is 4.99 Å². The van der Waals surface area contributed by atoms with E-state index in [4.69, 9.17) is 4.99 Å². The monoisotopic (exact) mass is 401 g/mol. The molecule has 1 aromatic heterocycles. The summed E-state index contributed by atoms with van der Waals surface area (Å²) in [6.45, 7) is 4.49. The summed E-state index contributed by atoms with van der Waals surface area (Å²) in [5.41, 5.74) is 1.80. The molecule has 5 aliphatic rings. The van der Waals surface area contributed by atoms with Gasteiger partial charge in [0.05, 0.1) is 5.54 Å². The molecule has 0 amide bonds. The van der Waals surface area contributed by atoms with E-state index >= 15 is 0 Å². The van der Waals surface area contributed by atoms with Gasteiger partial charge >= 0.3 is 0 Å². The van der Waals surface area contributed by atoms with Crippen molar-refractivity contribution in [2.24, 2.45) is 22.7 Å². The van der Waals surface area contributed by atoms with Gasteiger partial charge in [-0.05, 0) is 76.0 Å². The van der Waals surface area contributed by atoms with Crippen molar-refractivity contribution in [1.82, 2.24) is 9.88 Å². The molecule has 0 saturated heterocycles. The molecule has 0 aliphatic heterocycles. The molecule has 1 N–H and O–H groups in total. The van der Waals surface area contributed by atoms with Gasteiger partial charge in [-0.1, -0.05) is 25.7 Å². The highest BCUT2D eigenvalue weighted by Crippen LogP contribution is 2.57. The predicted octanol–water partition coefficient (Wildman–Crippen LogP) is 5.29. The van der Waals surface area contributed by atoms with Crippen molar-refractivity contribution in [3.8, 4) is 0 Å². The zero-order valence-corrected chi connectivity index (χ0v) is 18.6. The Bertz CT molecular complexity index is 687. The lowest BCUT2D eigenvalue weighted by atomic mass is 9.53. The second kappa shape index (κ2) is 8.26. The molecule has 4 heteroatoms. The van der Waals surface area contributed by atoms with Crippen molar-refractivity contribution in [2.45, 2.75) is 109 Å². The molecule has 3 nitrogen and oxygen atoms in total. The summed E-state index contributed by atoms with van der Waals surface area (Å²) < 4.78 is 2.53.